The summed E-state index contributed by atoms with van der Waals surface area (Å²) in [6.45, 7) is 4.25. The second-order valence-corrected chi connectivity index (χ2v) is 6.75. The number of halogens is 1. The van der Waals surface area contributed by atoms with E-state index in [1.165, 1.54) is 0 Å². The van der Waals surface area contributed by atoms with Crippen molar-refractivity contribution < 1.29 is 0 Å². The van der Waals surface area contributed by atoms with Crippen molar-refractivity contribution in [2.45, 2.75) is 6.54 Å². The monoisotopic (exact) mass is 354 g/mol. The topological polar surface area (TPSA) is 52.2 Å². The molecule has 1 fully saturated rings. The molecule has 1 saturated heterocycles. The lowest BCUT2D eigenvalue weighted by atomic mass is 10.1. The van der Waals surface area contributed by atoms with Gasteiger partial charge in [-0.25, -0.2) is 4.98 Å². The molecule has 6 heteroatoms. The highest BCUT2D eigenvalue weighted by Gasteiger charge is 2.19. The zero-order valence-corrected chi connectivity index (χ0v) is 14.5. The van der Waals surface area contributed by atoms with Crippen LogP contribution in [0.2, 0.25) is 5.02 Å². The summed E-state index contributed by atoms with van der Waals surface area (Å²) >= 11 is 5.90. The Morgan fingerprint density at radius 3 is 2.64 bits per heavy atom. The van der Waals surface area contributed by atoms with Crippen LogP contribution in [0, 0.1) is 0 Å². The van der Waals surface area contributed by atoms with Crippen molar-refractivity contribution >= 4 is 28.3 Å². The number of rotatable bonds is 3. The number of hydrogen-bond donors (Lipinski definition) is 1. The van der Waals surface area contributed by atoms with E-state index in [0.29, 0.717) is 11.6 Å². The molecule has 0 amide bonds. The fourth-order valence-electron chi connectivity index (χ4n) is 3.24. The molecule has 3 heterocycles. The van der Waals surface area contributed by atoms with Gasteiger partial charge in [0.05, 0.1) is 5.02 Å². The molecule has 0 spiro atoms. The number of hydrogen-bond acceptors (Lipinski definition) is 4. The van der Waals surface area contributed by atoms with Gasteiger partial charge < -0.3 is 9.88 Å². The van der Waals surface area contributed by atoms with Crippen LogP contribution in [0.3, 0.4) is 0 Å². The smallest absolute Gasteiger partial charge is 0.252 e. The summed E-state index contributed by atoms with van der Waals surface area (Å²) in [6, 6.07) is 13.7. The lowest BCUT2D eigenvalue weighted by Gasteiger charge is -2.35. The van der Waals surface area contributed by atoms with Crippen molar-refractivity contribution in [3.05, 3.63) is 69.6 Å². The Kier molecular flexibility index (Phi) is 4.42. The number of H-pyrrole nitrogens is 1. The maximum atomic E-state index is 12.3. The van der Waals surface area contributed by atoms with Gasteiger partial charge in [-0.2, -0.15) is 0 Å². The number of aromatic nitrogens is 2. The first-order valence-corrected chi connectivity index (χ1v) is 8.77. The first kappa shape index (κ1) is 16.1. The van der Waals surface area contributed by atoms with Gasteiger partial charge in [0.25, 0.3) is 5.56 Å². The van der Waals surface area contributed by atoms with Crippen LogP contribution in [0.4, 0.5) is 5.82 Å². The maximum absolute atomic E-state index is 12.3. The maximum Gasteiger partial charge on any atom is 0.252 e. The van der Waals surface area contributed by atoms with E-state index in [2.05, 4.69) is 19.8 Å². The summed E-state index contributed by atoms with van der Waals surface area (Å²) in [6.07, 6.45) is 1.68. The standard InChI is InChI=1S/C19H19ClN4O/c20-16-5-6-18(21-12-16)24-9-7-23(8-10-24)13-15-11-14-3-1-2-4-17(14)22-19(15)25/h1-6,11-12H,7-10,13H2,(H,22,25). The number of nitrogens with one attached hydrogen (secondary N) is 1. The second kappa shape index (κ2) is 6.86. The van der Waals surface area contributed by atoms with Gasteiger partial charge in [-0.05, 0) is 29.7 Å². The van der Waals surface area contributed by atoms with E-state index in [0.717, 1.165) is 48.5 Å². The van der Waals surface area contributed by atoms with Crippen LogP contribution in [0.25, 0.3) is 10.9 Å². The molecule has 0 atom stereocenters. The van der Waals surface area contributed by atoms with Crippen LogP contribution < -0.4 is 10.5 Å². The molecule has 5 nitrogen and oxygen atoms in total. The molecule has 1 aliphatic heterocycles. The van der Waals surface area contributed by atoms with Gasteiger partial charge in [0, 0.05) is 50.0 Å². The number of benzene rings is 1. The first-order valence-electron chi connectivity index (χ1n) is 8.39. The molecule has 0 bridgehead atoms. The van der Waals surface area contributed by atoms with E-state index >= 15 is 0 Å². The Morgan fingerprint density at radius 1 is 1.08 bits per heavy atom. The molecule has 0 unspecified atom stereocenters. The Hall–Kier alpha value is -2.37. The van der Waals surface area contributed by atoms with E-state index in [-0.39, 0.29) is 5.56 Å². The van der Waals surface area contributed by atoms with Gasteiger partial charge in [0.2, 0.25) is 0 Å². The molecule has 0 saturated carbocycles. The molecule has 1 N–H and O–H groups in total. The van der Waals surface area contributed by atoms with E-state index in [9.17, 15) is 4.79 Å². The molecule has 0 aliphatic carbocycles. The highest BCUT2D eigenvalue weighted by Crippen LogP contribution is 2.17. The summed E-state index contributed by atoms with van der Waals surface area (Å²) in [4.78, 5) is 24.2. The third-order valence-corrected chi connectivity index (χ3v) is 4.86. The Bertz CT molecular complexity index is 930. The number of pyridine rings is 2. The largest absolute Gasteiger partial charge is 0.354 e. The third kappa shape index (κ3) is 3.52. The summed E-state index contributed by atoms with van der Waals surface area (Å²) in [5.41, 5.74) is 1.70. The average Bonchev–Trinajstić information content (AvgIpc) is 2.64. The Balaban J connectivity index is 1.44. The van der Waals surface area contributed by atoms with Gasteiger partial charge in [-0.3, -0.25) is 9.69 Å². The summed E-state index contributed by atoms with van der Waals surface area (Å²) in [7, 11) is 0. The minimum absolute atomic E-state index is 0.000461. The van der Waals surface area contributed by atoms with Crippen LogP contribution in [0.15, 0.2) is 53.5 Å². The number of anilines is 1. The lowest BCUT2D eigenvalue weighted by Crippen LogP contribution is -2.46. The van der Waals surface area contributed by atoms with Crippen LogP contribution in [0.1, 0.15) is 5.56 Å². The van der Waals surface area contributed by atoms with Crippen molar-refractivity contribution in [2.75, 3.05) is 31.1 Å². The molecule has 4 rings (SSSR count). The summed E-state index contributed by atoms with van der Waals surface area (Å²) in [5, 5.41) is 1.72. The molecule has 1 aliphatic rings. The number of para-hydroxylation sites is 1. The van der Waals surface area contributed by atoms with Crippen LogP contribution in [-0.2, 0) is 6.54 Å². The zero-order chi connectivity index (χ0) is 17.2. The number of fused-ring (bicyclic) bond motifs is 1. The fourth-order valence-corrected chi connectivity index (χ4v) is 3.35. The number of aromatic amines is 1. The predicted octanol–water partition coefficient (Wildman–Crippen LogP) is 2.90. The van der Waals surface area contributed by atoms with E-state index in [1.54, 1.807) is 6.20 Å². The molecule has 2 aromatic heterocycles. The highest BCUT2D eigenvalue weighted by atomic mass is 35.5. The molecule has 0 radical (unpaired) electrons. The molecule has 3 aromatic rings. The third-order valence-electron chi connectivity index (χ3n) is 4.63. The van der Waals surface area contributed by atoms with Crippen LogP contribution in [0.5, 0.6) is 0 Å². The van der Waals surface area contributed by atoms with E-state index in [1.807, 2.05) is 42.5 Å². The van der Waals surface area contributed by atoms with E-state index < -0.39 is 0 Å². The molecular formula is C19H19ClN4O. The van der Waals surface area contributed by atoms with Gasteiger partial charge in [-0.15, -0.1) is 0 Å². The Labute approximate surface area is 150 Å². The van der Waals surface area contributed by atoms with Crippen LogP contribution in [-0.4, -0.2) is 41.0 Å². The summed E-state index contributed by atoms with van der Waals surface area (Å²) in [5.74, 6) is 0.951. The molecule has 128 valence electrons. The second-order valence-electron chi connectivity index (χ2n) is 6.31. The lowest BCUT2D eigenvalue weighted by molar-refractivity contribution is 0.248. The minimum Gasteiger partial charge on any atom is -0.354 e. The molecule has 25 heavy (non-hydrogen) atoms. The van der Waals surface area contributed by atoms with Crippen molar-refractivity contribution in [2.24, 2.45) is 0 Å². The quantitative estimate of drug-likeness (QED) is 0.785. The zero-order valence-electron chi connectivity index (χ0n) is 13.8. The first-order chi connectivity index (χ1) is 12.2. The van der Waals surface area contributed by atoms with Crippen molar-refractivity contribution in [3.63, 3.8) is 0 Å². The predicted molar refractivity (Wildman–Crippen MR) is 101 cm³/mol. The molecular weight excluding hydrogens is 336 g/mol. The fraction of sp³-hybridized carbons (Fsp3) is 0.263. The van der Waals surface area contributed by atoms with Gasteiger partial charge in [0.15, 0.2) is 0 Å². The highest BCUT2D eigenvalue weighted by molar-refractivity contribution is 6.30. The number of nitrogens with zero attached hydrogens (tertiary/aromatic N) is 3. The van der Waals surface area contributed by atoms with Crippen molar-refractivity contribution in [3.8, 4) is 0 Å². The van der Waals surface area contributed by atoms with Gasteiger partial charge in [-0.1, -0.05) is 29.8 Å². The van der Waals surface area contributed by atoms with Crippen molar-refractivity contribution in [1.82, 2.24) is 14.9 Å². The SMILES string of the molecule is O=c1[nH]c2ccccc2cc1CN1CCN(c2ccc(Cl)cn2)CC1. The number of piperazine rings is 1. The molecule has 1 aromatic carbocycles. The van der Waals surface area contributed by atoms with Crippen molar-refractivity contribution in [1.29, 1.82) is 0 Å². The minimum atomic E-state index is 0.000461. The van der Waals surface area contributed by atoms with Gasteiger partial charge >= 0.3 is 0 Å². The normalized spacial score (nSPS) is 15.6. The summed E-state index contributed by atoms with van der Waals surface area (Å²) < 4.78 is 0. The van der Waals surface area contributed by atoms with Gasteiger partial charge in [0.1, 0.15) is 5.82 Å². The van der Waals surface area contributed by atoms with Crippen LogP contribution >= 0.6 is 11.6 Å². The average molecular weight is 355 g/mol. The van der Waals surface area contributed by atoms with E-state index in [4.69, 9.17) is 11.6 Å². The Morgan fingerprint density at radius 2 is 1.88 bits per heavy atom.